The fraction of sp³-hybridized carbons (Fsp3) is 0.453. The maximum absolute atomic E-state index is 5.36. The van der Waals surface area contributed by atoms with E-state index in [1.165, 1.54) is 85.4 Å². The molecule has 0 amide bonds. The standard InChI is InChI=1S/C53H66BN3/c1-48(2,3)33-17-20-37(21-18-33)57-43-22-19-34(49(4,5)6)30-41(43)54-42-31-39-40(53(15,16)25-24-52(39,13)14)32-45(42)56(44-23-26-55-47(57)46(44)54)38-28-35(50(7,8)9)27-36(29-38)51(10,11)12/h17-23,26-32H,24-25H2,1-16H3. The normalized spacial score (nSPS) is 17.2. The number of rotatable bonds is 2. The molecule has 0 atom stereocenters. The zero-order chi connectivity index (χ0) is 41.4. The molecule has 0 saturated heterocycles. The van der Waals surface area contributed by atoms with Gasteiger partial charge in [-0.1, -0.05) is 147 Å². The number of anilines is 6. The summed E-state index contributed by atoms with van der Waals surface area (Å²) in [5.41, 5.74) is 18.7. The highest BCUT2D eigenvalue weighted by atomic mass is 15.2. The number of nitrogens with zero attached hydrogens (tertiary/aromatic N) is 3. The van der Waals surface area contributed by atoms with Crippen molar-refractivity contribution in [1.82, 2.24) is 4.98 Å². The van der Waals surface area contributed by atoms with Gasteiger partial charge in [0.05, 0.1) is 0 Å². The van der Waals surface area contributed by atoms with Gasteiger partial charge in [-0.3, -0.25) is 4.90 Å². The van der Waals surface area contributed by atoms with Gasteiger partial charge in [0.1, 0.15) is 5.82 Å². The number of benzene rings is 4. The second-order valence-corrected chi connectivity index (χ2v) is 23.0. The van der Waals surface area contributed by atoms with Crippen LogP contribution in [0.3, 0.4) is 0 Å². The number of pyridine rings is 1. The third kappa shape index (κ3) is 6.54. The quantitative estimate of drug-likeness (QED) is 0.164. The van der Waals surface area contributed by atoms with Gasteiger partial charge in [-0.25, -0.2) is 4.98 Å². The van der Waals surface area contributed by atoms with Gasteiger partial charge in [0.2, 0.25) is 0 Å². The Hall–Kier alpha value is -4.31. The van der Waals surface area contributed by atoms with Crippen LogP contribution >= 0.6 is 0 Å². The van der Waals surface area contributed by atoms with Gasteiger partial charge in [-0.2, -0.15) is 0 Å². The molecule has 5 aromatic rings. The van der Waals surface area contributed by atoms with Crippen molar-refractivity contribution in [2.75, 3.05) is 9.80 Å². The highest BCUT2D eigenvalue weighted by Gasteiger charge is 2.47. The third-order valence-electron chi connectivity index (χ3n) is 13.6. The first-order chi connectivity index (χ1) is 26.3. The summed E-state index contributed by atoms with van der Waals surface area (Å²) >= 11 is 0. The van der Waals surface area contributed by atoms with Gasteiger partial charge in [-0.15, -0.1) is 0 Å². The van der Waals surface area contributed by atoms with Crippen LogP contribution in [0.1, 0.15) is 157 Å². The van der Waals surface area contributed by atoms with E-state index in [0.29, 0.717) is 0 Å². The molecule has 57 heavy (non-hydrogen) atoms. The van der Waals surface area contributed by atoms with Gasteiger partial charge in [0, 0.05) is 34.6 Å². The molecule has 3 aliphatic rings. The lowest BCUT2D eigenvalue weighted by molar-refractivity contribution is 0.332. The molecule has 0 bridgehead atoms. The summed E-state index contributed by atoms with van der Waals surface area (Å²) < 4.78 is 0. The van der Waals surface area contributed by atoms with Crippen LogP contribution in [0.2, 0.25) is 0 Å². The highest BCUT2D eigenvalue weighted by Crippen LogP contribution is 2.50. The topological polar surface area (TPSA) is 19.4 Å². The number of hydrogen-bond donors (Lipinski definition) is 0. The molecule has 296 valence electrons. The second-order valence-electron chi connectivity index (χ2n) is 23.0. The van der Waals surface area contributed by atoms with Crippen molar-refractivity contribution >= 4 is 57.4 Å². The zero-order valence-corrected chi connectivity index (χ0v) is 37.9. The van der Waals surface area contributed by atoms with E-state index in [9.17, 15) is 0 Å². The van der Waals surface area contributed by atoms with E-state index in [1.54, 1.807) is 0 Å². The van der Waals surface area contributed by atoms with Crippen LogP contribution < -0.4 is 26.2 Å². The molecule has 3 heterocycles. The smallest absolute Gasteiger partial charge is 0.254 e. The fourth-order valence-corrected chi connectivity index (χ4v) is 9.58. The zero-order valence-electron chi connectivity index (χ0n) is 37.9. The van der Waals surface area contributed by atoms with Crippen LogP contribution in [-0.4, -0.2) is 11.7 Å². The molecule has 0 fully saturated rings. The monoisotopic (exact) mass is 756 g/mol. The van der Waals surface area contributed by atoms with Gasteiger partial charge < -0.3 is 4.90 Å². The Morgan fingerprint density at radius 3 is 1.53 bits per heavy atom. The summed E-state index contributed by atoms with van der Waals surface area (Å²) in [4.78, 5) is 10.4. The van der Waals surface area contributed by atoms with E-state index in [2.05, 4.69) is 206 Å². The van der Waals surface area contributed by atoms with Crippen molar-refractivity contribution in [3.05, 3.63) is 118 Å². The minimum atomic E-state index is -0.0188. The number of hydrogen-bond acceptors (Lipinski definition) is 3. The van der Waals surface area contributed by atoms with Crippen molar-refractivity contribution < 1.29 is 0 Å². The van der Waals surface area contributed by atoms with Gasteiger partial charge in [-0.05, 0) is 138 Å². The summed E-state index contributed by atoms with van der Waals surface area (Å²) in [5, 5.41) is 0. The van der Waals surface area contributed by atoms with Gasteiger partial charge in [0.25, 0.3) is 6.71 Å². The van der Waals surface area contributed by atoms with Gasteiger partial charge in [0.15, 0.2) is 0 Å². The molecular formula is C53H66BN3. The molecule has 1 aromatic heterocycles. The Kier molecular flexibility index (Phi) is 8.73. The van der Waals surface area contributed by atoms with Crippen molar-refractivity contribution in [1.29, 1.82) is 0 Å². The molecule has 4 aromatic carbocycles. The minimum Gasteiger partial charge on any atom is -0.311 e. The Morgan fingerprint density at radius 1 is 0.474 bits per heavy atom. The van der Waals surface area contributed by atoms with Crippen LogP contribution in [0.5, 0.6) is 0 Å². The van der Waals surface area contributed by atoms with E-state index in [1.807, 2.05) is 0 Å². The number of aromatic nitrogens is 1. The minimum absolute atomic E-state index is 0.00554. The lowest BCUT2D eigenvalue weighted by Crippen LogP contribution is -2.62. The number of fused-ring (bicyclic) bond motifs is 5. The summed E-state index contributed by atoms with van der Waals surface area (Å²) in [6.07, 6.45) is 4.40. The molecule has 1 aliphatic carbocycles. The van der Waals surface area contributed by atoms with Crippen LogP contribution in [0.15, 0.2) is 85.1 Å². The first-order valence-corrected chi connectivity index (χ1v) is 21.5. The Labute approximate surface area is 345 Å². The highest BCUT2D eigenvalue weighted by molar-refractivity contribution is 7.00. The molecule has 2 aliphatic heterocycles. The summed E-state index contributed by atoms with van der Waals surface area (Å²) in [6.45, 7) is 37.9. The van der Waals surface area contributed by atoms with Crippen LogP contribution in [0, 0.1) is 0 Å². The molecule has 4 heteroatoms. The molecule has 0 unspecified atom stereocenters. The van der Waals surface area contributed by atoms with Crippen molar-refractivity contribution in [2.45, 2.75) is 156 Å². The lowest BCUT2D eigenvalue weighted by Gasteiger charge is -2.47. The average Bonchev–Trinajstić information content (AvgIpc) is 3.11. The Balaban J connectivity index is 1.51. The molecular weight excluding hydrogens is 689 g/mol. The lowest BCUT2D eigenvalue weighted by atomic mass is 9.33. The predicted octanol–water partition coefficient (Wildman–Crippen LogP) is 12.7. The van der Waals surface area contributed by atoms with E-state index in [0.717, 1.165) is 11.5 Å². The molecule has 0 spiro atoms. The molecule has 0 N–H and O–H groups in total. The van der Waals surface area contributed by atoms with Crippen molar-refractivity contribution in [2.24, 2.45) is 0 Å². The van der Waals surface area contributed by atoms with E-state index >= 15 is 0 Å². The molecule has 3 nitrogen and oxygen atoms in total. The van der Waals surface area contributed by atoms with Crippen molar-refractivity contribution in [3.63, 3.8) is 0 Å². The third-order valence-corrected chi connectivity index (χ3v) is 13.6. The summed E-state index contributed by atoms with van der Waals surface area (Å²) in [5.74, 6) is 1.02. The van der Waals surface area contributed by atoms with Crippen molar-refractivity contribution in [3.8, 4) is 0 Å². The Morgan fingerprint density at radius 2 is 0.982 bits per heavy atom. The Bertz CT molecular complexity index is 2370. The van der Waals surface area contributed by atoms with E-state index in [-0.39, 0.29) is 39.2 Å². The predicted molar refractivity (Wildman–Crippen MR) is 248 cm³/mol. The van der Waals surface area contributed by atoms with Crippen LogP contribution in [0.25, 0.3) is 0 Å². The molecule has 0 saturated carbocycles. The maximum atomic E-state index is 5.36. The molecule has 0 radical (unpaired) electrons. The SMILES string of the molecule is CC(C)(C)c1ccc(N2c3ccc(C(C)(C)C)cc3B3c4cc5c(cc4N(c4cc(C(C)(C)C)cc(C(C)(C)C)c4)c4ccnc2c43)C(C)(C)CCC5(C)C)cc1. The fourth-order valence-electron chi connectivity index (χ4n) is 9.58. The summed E-state index contributed by atoms with van der Waals surface area (Å²) in [7, 11) is 0. The van der Waals surface area contributed by atoms with Crippen LogP contribution in [-0.2, 0) is 32.5 Å². The first kappa shape index (κ1) is 39.5. The first-order valence-electron chi connectivity index (χ1n) is 21.5. The largest absolute Gasteiger partial charge is 0.311 e. The van der Waals surface area contributed by atoms with Crippen LogP contribution in [0.4, 0.5) is 34.3 Å². The molecule has 8 rings (SSSR count). The van der Waals surface area contributed by atoms with E-state index in [4.69, 9.17) is 4.98 Å². The summed E-state index contributed by atoms with van der Waals surface area (Å²) in [6, 6.07) is 31.4. The maximum Gasteiger partial charge on any atom is 0.254 e. The average molecular weight is 756 g/mol. The van der Waals surface area contributed by atoms with Gasteiger partial charge >= 0.3 is 0 Å². The second kappa shape index (κ2) is 12.6. The van der Waals surface area contributed by atoms with E-state index < -0.39 is 0 Å².